The van der Waals surface area contributed by atoms with E-state index in [2.05, 4.69) is 48.5 Å². The van der Waals surface area contributed by atoms with E-state index < -0.39 is 12.4 Å². The van der Waals surface area contributed by atoms with Gasteiger partial charge in [0.1, 0.15) is 24.4 Å². The van der Waals surface area contributed by atoms with E-state index in [1.807, 2.05) is 21.3 Å². The molecular formula is C43H74O10. The Morgan fingerprint density at radius 3 is 1.98 bits per heavy atom. The van der Waals surface area contributed by atoms with Crippen molar-refractivity contribution in [2.45, 2.75) is 173 Å². The lowest BCUT2D eigenvalue weighted by atomic mass is 9.41. The molecule has 0 aromatic heterocycles. The molecule has 0 radical (unpaired) electrons. The van der Waals surface area contributed by atoms with Crippen molar-refractivity contribution in [3.05, 3.63) is 0 Å². The summed E-state index contributed by atoms with van der Waals surface area (Å²) < 4.78 is 64.2. The molecule has 0 aromatic rings. The van der Waals surface area contributed by atoms with E-state index in [0.717, 1.165) is 32.1 Å². The van der Waals surface area contributed by atoms with Crippen molar-refractivity contribution in [2.75, 3.05) is 56.4 Å². The maximum absolute atomic E-state index is 7.50. The van der Waals surface area contributed by atoms with Crippen LogP contribution in [0.1, 0.15) is 106 Å². The molecule has 7 rings (SSSR count). The summed E-state index contributed by atoms with van der Waals surface area (Å²) in [6.45, 7) is 17.2. The minimum absolute atomic E-state index is 0.0255. The van der Waals surface area contributed by atoms with Gasteiger partial charge in [-0.15, -0.1) is 0 Å². The van der Waals surface area contributed by atoms with Gasteiger partial charge < -0.3 is 47.4 Å². The number of hydrogen-bond donors (Lipinski definition) is 0. The molecular weight excluding hydrogens is 676 g/mol. The molecule has 5 aliphatic carbocycles. The molecule has 0 amide bonds. The van der Waals surface area contributed by atoms with Crippen molar-refractivity contribution in [3.63, 3.8) is 0 Å². The van der Waals surface area contributed by atoms with Crippen molar-refractivity contribution in [1.82, 2.24) is 0 Å². The molecule has 2 spiro atoms. The van der Waals surface area contributed by atoms with Crippen molar-refractivity contribution in [2.24, 2.45) is 44.8 Å². The largest absolute Gasteiger partial charge is 0.382 e. The maximum Gasteiger partial charge on any atom is 0.187 e. The van der Waals surface area contributed by atoms with Crippen LogP contribution in [0.15, 0.2) is 0 Å². The van der Waals surface area contributed by atoms with Gasteiger partial charge in [-0.3, -0.25) is 0 Å². The van der Waals surface area contributed by atoms with Crippen LogP contribution in [0.3, 0.4) is 0 Å². The molecule has 0 aromatic carbocycles. The summed E-state index contributed by atoms with van der Waals surface area (Å²) in [5.41, 5.74) is -0.216. The predicted molar refractivity (Wildman–Crippen MR) is 201 cm³/mol. The standard InChI is InChI=1S/C43H74O10/c1-37(2)29(46-10)16-18-43-24-42(43)20-19-39(5)35(41(7)17-15-30(53-41)38(3,4)50-14)26(45-9)22-40(39,6)28(42)21-25(34(37)43)51-36-33(49-13)32(48-12)31(47-11)27(52-36)23-44-8/h25-36H,15-24H2,1-14H3/t25-,26?,27?,28?,29?,30-,31?,32-,33?,34-,35?,36+,39?,40-,41+,42?,43?/m0/s1. The second-order valence-corrected chi connectivity index (χ2v) is 20.2. The fourth-order valence-electron chi connectivity index (χ4n) is 15.2. The van der Waals surface area contributed by atoms with Crippen LogP contribution >= 0.6 is 0 Å². The number of rotatable bonds is 12. The van der Waals surface area contributed by atoms with E-state index in [1.165, 1.54) is 25.7 Å². The first-order valence-corrected chi connectivity index (χ1v) is 20.6. The summed E-state index contributed by atoms with van der Waals surface area (Å²) in [5.74, 6) is 1.05. The Kier molecular flexibility index (Phi) is 10.7. The fourth-order valence-corrected chi connectivity index (χ4v) is 15.2. The van der Waals surface area contributed by atoms with Gasteiger partial charge in [-0.1, -0.05) is 27.7 Å². The molecule has 53 heavy (non-hydrogen) atoms. The Bertz CT molecular complexity index is 1330. The van der Waals surface area contributed by atoms with Crippen LogP contribution in [0, 0.1) is 44.8 Å². The van der Waals surface area contributed by atoms with E-state index in [0.29, 0.717) is 18.4 Å². The molecule has 2 aliphatic heterocycles. The van der Waals surface area contributed by atoms with Gasteiger partial charge in [0.2, 0.25) is 0 Å². The Morgan fingerprint density at radius 1 is 0.679 bits per heavy atom. The zero-order valence-corrected chi connectivity index (χ0v) is 35.6. The molecule has 2 saturated heterocycles. The highest BCUT2D eigenvalue weighted by Gasteiger charge is 2.85. The SMILES string of the molecule is COCC1O[C@@H](O[C@H]2CC3C4(CCC5(C)C([C@@]6(C)CC[C@@H](C(C)(C)OC)O6)C(OC)C[C@@]35C)CC43CCC(OC)C(C)(C)[C@H]23)C(OC)[C@@H](OC)C1OC. The maximum atomic E-state index is 7.50. The van der Waals surface area contributed by atoms with Crippen LogP contribution < -0.4 is 0 Å². The molecule has 10 heteroatoms. The molecule has 0 N–H and O–H groups in total. The molecule has 2 heterocycles. The highest BCUT2D eigenvalue weighted by atomic mass is 16.7. The van der Waals surface area contributed by atoms with E-state index in [9.17, 15) is 0 Å². The Hall–Kier alpha value is -0.400. The molecule has 7 aliphatic rings. The minimum atomic E-state index is -0.638. The van der Waals surface area contributed by atoms with Crippen LogP contribution in [0.25, 0.3) is 0 Å². The lowest BCUT2D eigenvalue weighted by Crippen LogP contribution is -2.65. The number of hydrogen-bond acceptors (Lipinski definition) is 10. The van der Waals surface area contributed by atoms with Gasteiger partial charge in [0, 0.05) is 55.7 Å². The van der Waals surface area contributed by atoms with Crippen LogP contribution in [0.4, 0.5) is 0 Å². The average molecular weight is 751 g/mol. The summed E-state index contributed by atoms with van der Waals surface area (Å²) in [7, 11) is 12.5. The topological polar surface area (TPSA) is 92.3 Å². The molecule has 10 unspecified atom stereocenters. The summed E-state index contributed by atoms with van der Waals surface area (Å²) in [6.07, 6.45) is 8.06. The van der Waals surface area contributed by atoms with Gasteiger partial charge in [-0.25, -0.2) is 0 Å². The van der Waals surface area contributed by atoms with Crippen molar-refractivity contribution in [1.29, 1.82) is 0 Å². The fraction of sp³-hybridized carbons (Fsp3) is 1.00. The van der Waals surface area contributed by atoms with E-state index >= 15 is 0 Å². The van der Waals surface area contributed by atoms with Crippen LogP contribution in [0.2, 0.25) is 0 Å². The first-order valence-electron chi connectivity index (χ1n) is 20.6. The van der Waals surface area contributed by atoms with Gasteiger partial charge in [-0.05, 0) is 117 Å². The third-order valence-electron chi connectivity index (χ3n) is 17.8. The highest BCUT2D eigenvalue weighted by molar-refractivity contribution is 5.33. The van der Waals surface area contributed by atoms with E-state index in [1.54, 1.807) is 28.4 Å². The second-order valence-electron chi connectivity index (χ2n) is 20.2. The van der Waals surface area contributed by atoms with E-state index in [-0.39, 0.29) is 86.9 Å². The first kappa shape index (κ1) is 40.8. The Labute approximate surface area is 320 Å². The van der Waals surface area contributed by atoms with Gasteiger partial charge in [0.05, 0.1) is 42.2 Å². The van der Waals surface area contributed by atoms with Crippen molar-refractivity contribution in [3.8, 4) is 0 Å². The summed E-state index contributed by atoms with van der Waals surface area (Å²) >= 11 is 0. The van der Waals surface area contributed by atoms with Crippen LogP contribution in [-0.4, -0.2) is 123 Å². The Morgan fingerprint density at radius 2 is 1.38 bits per heavy atom. The van der Waals surface area contributed by atoms with Gasteiger partial charge >= 0.3 is 0 Å². The minimum Gasteiger partial charge on any atom is -0.382 e. The monoisotopic (exact) mass is 751 g/mol. The summed E-state index contributed by atoms with van der Waals surface area (Å²) in [5, 5.41) is 0. The second kappa shape index (κ2) is 13.9. The molecule has 5 saturated carbocycles. The zero-order valence-electron chi connectivity index (χ0n) is 35.6. The molecule has 17 atom stereocenters. The quantitative estimate of drug-likeness (QED) is 0.198. The Balaban J connectivity index is 1.28. The normalized spacial score (nSPS) is 53.1. The molecule has 306 valence electrons. The third kappa shape index (κ3) is 5.60. The molecule has 0 bridgehead atoms. The zero-order chi connectivity index (χ0) is 38.6. The van der Waals surface area contributed by atoms with Gasteiger partial charge in [0.25, 0.3) is 0 Å². The third-order valence-corrected chi connectivity index (χ3v) is 17.8. The molecule has 10 nitrogen and oxygen atoms in total. The summed E-state index contributed by atoms with van der Waals surface area (Å²) in [6, 6.07) is 0. The lowest BCUT2D eigenvalue weighted by molar-refractivity contribution is -0.339. The van der Waals surface area contributed by atoms with Gasteiger partial charge in [0.15, 0.2) is 6.29 Å². The smallest absolute Gasteiger partial charge is 0.187 e. The first-order chi connectivity index (χ1) is 25.0. The van der Waals surface area contributed by atoms with Crippen LogP contribution in [-0.2, 0) is 47.4 Å². The lowest BCUT2D eigenvalue weighted by Gasteiger charge is -2.65. The number of ether oxygens (including phenoxy) is 10. The van der Waals surface area contributed by atoms with Gasteiger partial charge in [-0.2, -0.15) is 0 Å². The molecule has 7 fully saturated rings. The number of fused-ring (bicyclic) bond motifs is 2. The van der Waals surface area contributed by atoms with Crippen LogP contribution in [0.5, 0.6) is 0 Å². The predicted octanol–water partition coefficient (Wildman–Crippen LogP) is 6.84. The summed E-state index contributed by atoms with van der Waals surface area (Å²) in [4.78, 5) is 0. The van der Waals surface area contributed by atoms with Crippen molar-refractivity contribution >= 4 is 0 Å². The van der Waals surface area contributed by atoms with Crippen molar-refractivity contribution < 1.29 is 47.4 Å². The highest BCUT2D eigenvalue weighted by Crippen LogP contribution is 2.89. The number of methoxy groups -OCH3 is 7. The van der Waals surface area contributed by atoms with E-state index in [4.69, 9.17) is 47.4 Å². The average Bonchev–Trinajstić information content (AvgIpc) is 3.46.